The predicted octanol–water partition coefficient (Wildman–Crippen LogP) is 2.28. The number of ether oxygens (including phenoxy) is 4. The molecule has 0 spiro atoms. The first kappa shape index (κ1) is 15.1. The van der Waals surface area contributed by atoms with Crippen molar-refractivity contribution >= 4 is 0 Å². The summed E-state index contributed by atoms with van der Waals surface area (Å²) in [6.45, 7) is 5.96. The Morgan fingerprint density at radius 3 is 2.40 bits per heavy atom. The van der Waals surface area contributed by atoms with Gasteiger partial charge in [-0.2, -0.15) is 0 Å². The number of benzene rings is 1. The number of hydrogen-bond acceptors (Lipinski definition) is 5. The third-order valence-electron chi connectivity index (χ3n) is 3.03. The molecule has 1 unspecified atom stereocenters. The predicted molar refractivity (Wildman–Crippen MR) is 74.0 cm³/mol. The molecule has 0 saturated heterocycles. The Morgan fingerprint density at radius 1 is 1.10 bits per heavy atom. The normalized spacial score (nSPS) is 16.0. The van der Waals surface area contributed by atoms with E-state index in [1.165, 1.54) is 0 Å². The van der Waals surface area contributed by atoms with E-state index in [1.807, 2.05) is 26.0 Å². The first-order valence-corrected chi connectivity index (χ1v) is 7.07. The Morgan fingerprint density at radius 2 is 1.75 bits per heavy atom. The zero-order valence-electron chi connectivity index (χ0n) is 12.0. The van der Waals surface area contributed by atoms with Gasteiger partial charge in [0.25, 0.3) is 0 Å². The summed E-state index contributed by atoms with van der Waals surface area (Å²) >= 11 is 0. The molecule has 1 aromatic carbocycles. The maximum atomic E-state index is 10.4. The number of aliphatic hydroxyl groups excluding tert-OH is 1. The van der Waals surface area contributed by atoms with Crippen molar-refractivity contribution in [3.8, 4) is 11.5 Å². The van der Waals surface area contributed by atoms with Gasteiger partial charge < -0.3 is 24.1 Å². The minimum Gasteiger partial charge on any atom is -0.490 e. The first-order valence-electron chi connectivity index (χ1n) is 7.07. The smallest absolute Gasteiger partial charge is 0.187 e. The Hall–Kier alpha value is -1.30. The maximum Gasteiger partial charge on any atom is 0.187 e. The van der Waals surface area contributed by atoms with E-state index in [0.717, 1.165) is 6.42 Å². The van der Waals surface area contributed by atoms with E-state index in [-0.39, 0.29) is 0 Å². The first-order chi connectivity index (χ1) is 9.76. The highest BCUT2D eigenvalue weighted by atomic mass is 16.7. The fourth-order valence-electron chi connectivity index (χ4n) is 2.08. The van der Waals surface area contributed by atoms with Crippen molar-refractivity contribution in [2.45, 2.75) is 32.7 Å². The van der Waals surface area contributed by atoms with Crippen LogP contribution in [0.25, 0.3) is 0 Å². The molecule has 1 N–H and O–H groups in total. The van der Waals surface area contributed by atoms with Gasteiger partial charge in [0.05, 0.1) is 13.2 Å². The summed E-state index contributed by atoms with van der Waals surface area (Å²) in [5.41, 5.74) is 0.696. The molecule has 0 bridgehead atoms. The van der Waals surface area contributed by atoms with Crippen molar-refractivity contribution in [1.82, 2.24) is 0 Å². The van der Waals surface area contributed by atoms with Crippen molar-refractivity contribution in [2.24, 2.45) is 0 Å². The third kappa shape index (κ3) is 3.62. The summed E-state index contributed by atoms with van der Waals surface area (Å²) < 4.78 is 22.0. The minimum atomic E-state index is -0.855. The van der Waals surface area contributed by atoms with Crippen molar-refractivity contribution < 1.29 is 24.1 Å². The number of aliphatic hydroxyl groups is 1. The molecule has 0 fully saturated rings. The summed E-state index contributed by atoms with van der Waals surface area (Å²) in [5.74, 6) is 1.37. The van der Waals surface area contributed by atoms with E-state index < -0.39 is 12.4 Å². The summed E-state index contributed by atoms with van der Waals surface area (Å²) in [6, 6.07) is 5.41. The second-order valence-corrected chi connectivity index (χ2v) is 4.48. The van der Waals surface area contributed by atoms with Crippen LogP contribution in [-0.2, 0) is 9.47 Å². The summed E-state index contributed by atoms with van der Waals surface area (Å²) in [7, 11) is 0. The van der Waals surface area contributed by atoms with Crippen molar-refractivity contribution in [1.29, 1.82) is 0 Å². The molecule has 1 atom stereocenters. The molecule has 20 heavy (non-hydrogen) atoms. The highest BCUT2D eigenvalue weighted by Gasteiger charge is 2.23. The molecule has 0 aliphatic carbocycles. The van der Waals surface area contributed by atoms with Crippen LogP contribution in [0, 0.1) is 0 Å². The average Bonchev–Trinajstić information content (AvgIpc) is 2.70. The van der Waals surface area contributed by atoms with E-state index in [4.69, 9.17) is 18.9 Å². The summed E-state index contributed by atoms with van der Waals surface area (Å²) in [4.78, 5) is 0. The fourth-order valence-corrected chi connectivity index (χ4v) is 2.08. The lowest BCUT2D eigenvalue weighted by atomic mass is 10.1. The molecule has 112 valence electrons. The largest absolute Gasteiger partial charge is 0.490 e. The molecule has 1 aliphatic heterocycles. The van der Waals surface area contributed by atoms with E-state index in [0.29, 0.717) is 43.5 Å². The Labute approximate surface area is 119 Å². The SMILES string of the molecule is CCOC(OCC)C(O)c1ccc2c(c1)OCCCO2. The third-order valence-corrected chi connectivity index (χ3v) is 3.03. The van der Waals surface area contributed by atoms with Gasteiger partial charge in [-0.05, 0) is 31.5 Å². The van der Waals surface area contributed by atoms with Gasteiger partial charge in [-0.1, -0.05) is 6.07 Å². The fraction of sp³-hybridized carbons (Fsp3) is 0.600. The number of rotatable bonds is 6. The number of fused-ring (bicyclic) bond motifs is 1. The van der Waals surface area contributed by atoms with Gasteiger partial charge in [0.2, 0.25) is 0 Å². The van der Waals surface area contributed by atoms with Crippen LogP contribution in [0.4, 0.5) is 0 Å². The van der Waals surface area contributed by atoms with Crippen LogP contribution >= 0.6 is 0 Å². The molecule has 2 rings (SSSR count). The van der Waals surface area contributed by atoms with Crippen LogP contribution in [0.2, 0.25) is 0 Å². The molecule has 1 aliphatic rings. The van der Waals surface area contributed by atoms with Crippen molar-refractivity contribution in [3.63, 3.8) is 0 Å². The van der Waals surface area contributed by atoms with Crippen LogP contribution in [0.3, 0.4) is 0 Å². The van der Waals surface area contributed by atoms with Crippen LogP contribution in [-0.4, -0.2) is 37.8 Å². The van der Waals surface area contributed by atoms with Crippen molar-refractivity contribution in [3.05, 3.63) is 23.8 Å². The lowest BCUT2D eigenvalue weighted by Gasteiger charge is -2.23. The Kier molecular flexibility index (Phi) is 5.64. The van der Waals surface area contributed by atoms with Gasteiger partial charge >= 0.3 is 0 Å². The van der Waals surface area contributed by atoms with Crippen LogP contribution in [0.15, 0.2) is 18.2 Å². The zero-order valence-corrected chi connectivity index (χ0v) is 12.0. The van der Waals surface area contributed by atoms with Gasteiger partial charge in [0.1, 0.15) is 6.10 Å². The zero-order chi connectivity index (χ0) is 14.4. The molecule has 0 radical (unpaired) electrons. The molecule has 1 aromatic rings. The average molecular weight is 282 g/mol. The summed E-state index contributed by atoms with van der Waals surface area (Å²) in [5, 5.41) is 10.4. The highest BCUT2D eigenvalue weighted by Crippen LogP contribution is 2.33. The van der Waals surface area contributed by atoms with Gasteiger partial charge in [0.15, 0.2) is 17.8 Å². The van der Waals surface area contributed by atoms with Gasteiger partial charge in [-0.3, -0.25) is 0 Å². The molecule has 5 nitrogen and oxygen atoms in total. The number of hydrogen-bond donors (Lipinski definition) is 1. The maximum absolute atomic E-state index is 10.4. The van der Waals surface area contributed by atoms with Gasteiger partial charge in [0, 0.05) is 19.6 Å². The van der Waals surface area contributed by atoms with Crippen LogP contribution < -0.4 is 9.47 Å². The standard InChI is InChI=1S/C15H22O5/c1-3-17-15(18-4-2)14(16)11-6-7-12-13(10-11)20-9-5-8-19-12/h6-7,10,14-16H,3-5,8-9H2,1-2H3. The van der Waals surface area contributed by atoms with Gasteiger partial charge in [-0.25, -0.2) is 0 Å². The van der Waals surface area contributed by atoms with E-state index in [9.17, 15) is 5.11 Å². The minimum absolute atomic E-state index is 0.478. The molecular weight excluding hydrogens is 260 g/mol. The lowest BCUT2D eigenvalue weighted by molar-refractivity contribution is -0.191. The van der Waals surface area contributed by atoms with Crippen molar-refractivity contribution in [2.75, 3.05) is 26.4 Å². The Bertz CT molecular complexity index is 415. The van der Waals surface area contributed by atoms with Gasteiger partial charge in [-0.15, -0.1) is 0 Å². The Balaban J connectivity index is 2.16. The second kappa shape index (κ2) is 7.47. The van der Waals surface area contributed by atoms with Crippen LogP contribution in [0.5, 0.6) is 11.5 Å². The summed E-state index contributed by atoms with van der Waals surface area (Å²) in [6.07, 6.45) is -0.672. The van der Waals surface area contributed by atoms with E-state index in [2.05, 4.69) is 0 Å². The quantitative estimate of drug-likeness (QED) is 0.811. The second-order valence-electron chi connectivity index (χ2n) is 4.48. The lowest BCUT2D eigenvalue weighted by Crippen LogP contribution is -2.25. The monoisotopic (exact) mass is 282 g/mol. The van der Waals surface area contributed by atoms with E-state index in [1.54, 1.807) is 6.07 Å². The molecule has 1 heterocycles. The van der Waals surface area contributed by atoms with Crippen LogP contribution in [0.1, 0.15) is 31.9 Å². The molecule has 5 heteroatoms. The molecule has 0 amide bonds. The molecule has 0 aromatic heterocycles. The molecular formula is C15H22O5. The topological polar surface area (TPSA) is 57.2 Å². The molecule has 0 saturated carbocycles. The van der Waals surface area contributed by atoms with E-state index >= 15 is 0 Å². The highest BCUT2D eigenvalue weighted by molar-refractivity contribution is 5.44.